The van der Waals surface area contributed by atoms with Crippen LogP contribution in [0.15, 0.2) is 24.3 Å². The van der Waals surface area contributed by atoms with Gasteiger partial charge in [-0.15, -0.1) is 0 Å². The molecule has 0 saturated carbocycles. The van der Waals surface area contributed by atoms with E-state index in [-0.39, 0.29) is 11.9 Å². The molecule has 1 N–H and O–H groups in total. The third-order valence-corrected chi connectivity index (χ3v) is 8.06. The lowest BCUT2D eigenvalue weighted by Gasteiger charge is -2.43. The van der Waals surface area contributed by atoms with E-state index in [1.54, 1.807) is 4.90 Å². The third kappa shape index (κ3) is 7.15. The topological polar surface area (TPSA) is 85.4 Å². The summed E-state index contributed by atoms with van der Waals surface area (Å²) in [6.07, 6.45) is 4.75. The van der Waals surface area contributed by atoms with Crippen molar-refractivity contribution in [1.82, 2.24) is 20.0 Å². The molecule has 0 aliphatic carbocycles. The monoisotopic (exact) mass is 513 g/mol. The average Bonchev–Trinajstić information content (AvgIpc) is 2.93. The molecule has 3 aliphatic heterocycles. The molecule has 204 valence electrons. The van der Waals surface area contributed by atoms with E-state index in [2.05, 4.69) is 51.2 Å². The Balaban J connectivity index is 1.21. The number of carbonyl (C=O) groups excluding carboxylic acids is 3. The second-order valence-corrected chi connectivity index (χ2v) is 10.6. The molecule has 3 fully saturated rings. The highest BCUT2D eigenvalue weighted by atomic mass is 16.5. The summed E-state index contributed by atoms with van der Waals surface area (Å²) in [7, 11) is 0. The molecular formula is C28H43N5O4. The SMILES string of the molecule is CCCCOC(=O)NC(=O)N1CCC(N2CCCC(C(=O)N3CCN(c4ccccc4C)CC3)C2)CC1. The zero-order chi connectivity index (χ0) is 26.2. The number of imide groups is 1. The van der Waals surface area contributed by atoms with E-state index in [9.17, 15) is 14.4 Å². The van der Waals surface area contributed by atoms with Gasteiger partial charge in [-0.1, -0.05) is 31.5 Å². The molecule has 9 heteroatoms. The van der Waals surface area contributed by atoms with Gasteiger partial charge < -0.3 is 19.4 Å². The molecule has 37 heavy (non-hydrogen) atoms. The number of piperidine rings is 2. The molecule has 0 aromatic heterocycles. The van der Waals surface area contributed by atoms with Crippen LogP contribution in [0.3, 0.4) is 0 Å². The zero-order valence-electron chi connectivity index (χ0n) is 22.5. The highest BCUT2D eigenvalue weighted by Crippen LogP contribution is 2.26. The molecule has 0 bridgehead atoms. The number of alkyl carbamates (subject to hydrolysis) is 1. The number of hydrogen-bond donors (Lipinski definition) is 1. The highest BCUT2D eigenvalue weighted by Gasteiger charge is 2.35. The van der Waals surface area contributed by atoms with Gasteiger partial charge in [0.2, 0.25) is 5.91 Å². The molecule has 1 aromatic rings. The summed E-state index contributed by atoms with van der Waals surface area (Å²) < 4.78 is 5.03. The summed E-state index contributed by atoms with van der Waals surface area (Å²) in [5.74, 6) is 0.352. The number of piperazine rings is 1. The molecule has 1 atom stereocenters. The van der Waals surface area contributed by atoms with Gasteiger partial charge in [-0.25, -0.2) is 14.9 Å². The maximum absolute atomic E-state index is 13.4. The Morgan fingerprint density at radius 1 is 0.946 bits per heavy atom. The summed E-state index contributed by atoms with van der Waals surface area (Å²) in [5.41, 5.74) is 2.55. The van der Waals surface area contributed by atoms with E-state index in [4.69, 9.17) is 4.74 Å². The number of hydrogen-bond acceptors (Lipinski definition) is 6. The molecule has 3 heterocycles. The predicted octanol–water partition coefficient (Wildman–Crippen LogP) is 3.47. The van der Waals surface area contributed by atoms with Crippen molar-refractivity contribution in [3.63, 3.8) is 0 Å². The quantitative estimate of drug-likeness (QED) is 0.587. The first-order chi connectivity index (χ1) is 18.0. The number of unbranched alkanes of at least 4 members (excludes halogenated alkanes) is 1. The van der Waals surface area contributed by atoms with E-state index in [0.717, 1.165) is 77.8 Å². The number of likely N-dealkylation sites (tertiary alicyclic amines) is 2. The highest BCUT2D eigenvalue weighted by molar-refractivity contribution is 5.90. The van der Waals surface area contributed by atoms with Crippen LogP contribution >= 0.6 is 0 Å². The Bertz CT molecular complexity index is 925. The van der Waals surface area contributed by atoms with Crippen LogP contribution in [0.4, 0.5) is 15.3 Å². The fraction of sp³-hybridized carbons (Fsp3) is 0.679. The maximum Gasteiger partial charge on any atom is 0.415 e. The van der Waals surface area contributed by atoms with Crippen molar-refractivity contribution in [2.45, 2.75) is 58.4 Å². The van der Waals surface area contributed by atoms with Gasteiger partial charge >= 0.3 is 12.1 Å². The molecule has 0 radical (unpaired) electrons. The van der Waals surface area contributed by atoms with Crippen LogP contribution < -0.4 is 10.2 Å². The van der Waals surface area contributed by atoms with Crippen LogP contribution in [-0.2, 0) is 9.53 Å². The van der Waals surface area contributed by atoms with Crippen molar-refractivity contribution in [3.8, 4) is 0 Å². The summed E-state index contributed by atoms with van der Waals surface area (Å²) in [6, 6.07) is 8.45. The lowest BCUT2D eigenvalue weighted by Crippen LogP contribution is -2.55. The number of amides is 4. The first-order valence-electron chi connectivity index (χ1n) is 14.0. The van der Waals surface area contributed by atoms with Crippen molar-refractivity contribution >= 4 is 23.7 Å². The Kier molecular flexibility index (Phi) is 9.66. The van der Waals surface area contributed by atoms with Crippen LogP contribution in [0.5, 0.6) is 0 Å². The van der Waals surface area contributed by atoms with E-state index in [0.29, 0.717) is 31.6 Å². The van der Waals surface area contributed by atoms with Gasteiger partial charge in [0.05, 0.1) is 12.5 Å². The molecule has 9 nitrogen and oxygen atoms in total. The van der Waals surface area contributed by atoms with E-state index >= 15 is 0 Å². The molecule has 1 unspecified atom stereocenters. The standard InChI is InChI=1S/C28H43N5O4/c1-3-4-20-37-28(36)29-27(35)32-14-11-24(12-15-32)33-13-7-9-23(21-33)26(34)31-18-16-30(17-19-31)25-10-6-5-8-22(25)2/h5-6,8,10,23-24H,3-4,7,9,11-21H2,1-2H3,(H,29,35,36). The van der Waals surface area contributed by atoms with Crippen LogP contribution in [-0.4, -0.2) is 97.7 Å². The van der Waals surface area contributed by atoms with Gasteiger partial charge in [0.25, 0.3) is 0 Å². The number of urea groups is 1. The van der Waals surface area contributed by atoms with Crippen molar-refractivity contribution in [1.29, 1.82) is 0 Å². The van der Waals surface area contributed by atoms with E-state index < -0.39 is 6.09 Å². The predicted molar refractivity (Wildman–Crippen MR) is 144 cm³/mol. The Labute approximate surface area is 221 Å². The van der Waals surface area contributed by atoms with Crippen molar-refractivity contribution in [2.24, 2.45) is 5.92 Å². The second kappa shape index (κ2) is 13.1. The number of nitrogens with one attached hydrogen (secondary N) is 1. The summed E-state index contributed by atoms with van der Waals surface area (Å²) >= 11 is 0. The number of rotatable bonds is 6. The van der Waals surface area contributed by atoms with Gasteiger partial charge in [0.15, 0.2) is 0 Å². The first kappa shape index (κ1) is 27.2. The van der Waals surface area contributed by atoms with Crippen LogP contribution in [0.2, 0.25) is 0 Å². The fourth-order valence-corrected chi connectivity index (χ4v) is 5.83. The lowest BCUT2D eigenvalue weighted by molar-refractivity contribution is -0.138. The summed E-state index contributed by atoms with van der Waals surface area (Å²) in [5, 5.41) is 2.34. The molecule has 4 rings (SSSR count). The number of ether oxygens (including phenoxy) is 1. The number of benzene rings is 1. The maximum atomic E-state index is 13.4. The molecule has 0 spiro atoms. The number of aryl methyl sites for hydroxylation is 1. The molecule has 1 aromatic carbocycles. The molecule has 3 saturated heterocycles. The summed E-state index contributed by atoms with van der Waals surface area (Å²) in [4.78, 5) is 46.2. The van der Waals surface area contributed by atoms with Gasteiger partial charge in [-0.2, -0.15) is 0 Å². The average molecular weight is 514 g/mol. The van der Waals surface area contributed by atoms with Crippen LogP contribution in [0, 0.1) is 12.8 Å². The van der Waals surface area contributed by atoms with Crippen molar-refractivity contribution < 1.29 is 19.1 Å². The van der Waals surface area contributed by atoms with Crippen LogP contribution in [0.1, 0.15) is 51.0 Å². The van der Waals surface area contributed by atoms with Crippen molar-refractivity contribution in [2.75, 3.05) is 63.9 Å². The van der Waals surface area contributed by atoms with Gasteiger partial charge in [-0.05, 0) is 57.2 Å². The van der Waals surface area contributed by atoms with E-state index in [1.807, 2.05) is 6.92 Å². The Hall–Kier alpha value is -2.81. The second-order valence-electron chi connectivity index (χ2n) is 10.6. The fourth-order valence-electron chi connectivity index (χ4n) is 5.83. The number of para-hydroxylation sites is 1. The number of nitrogens with zero attached hydrogens (tertiary/aromatic N) is 4. The third-order valence-electron chi connectivity index (χ3n) is 8.06. The lowest BCUT2D eigenvalue weighted by atomic mass is 9.92. The van der Waals surface area contributed by atoms with E-state index in [1.165, 1.54) is 11.3 Å². The van der Waals surface area contributed by atoms with Crippen LogP contribution in [0.25, 0.3) is 0 Å². The van der Waals surface area contributed by atoms with Gasteiger partial charge in [-0.3, -0.25) is 9.69 Å². The Morgan fingerprint density at radius 2 is 1.68 bits per heavy atom. The number of carbonyl (C=O) groups is 3. The first-order valence-corrected chi connectivity index (χ1v) is 14.0. The molecule has 4 amide bonds. The summed E-state index contributed by atoms with van der Waals surface area (Å²) in [6.45, 7) is 10.8. The molecule has 3 aliphatic rings. The van der Waals surface area contributed by atoms with Gasteiger partial charge in [0.1, 0.15) is 0 Å². The van der Waals surface area contributed by atoms with Crippen molar-refractivity contribution in [3.05, 3.63) is 29.8 Å². The molecular weight excluding hydrogens is 470 g/mol. The minimum absolute atomic E-state index is 0.0537. The zero-order valence-corrected chi connectivity index (χ0v) is 22.5. The minimum atomic E-state index is -0.669. The Morgan fingerprint density at radius 3 is 2.38 bits per heavy atom. The smallest absolute Gasteiger partial charge is 0.415 e. The number of anilines is 1. The minimum Gasteiger partial charge on any atom is -0.449 e. The largest absolute Gasteiger partial charge is 0.449 e. The normalized spacial score (nSPS) is 21.6. The van der Waals surface area contributed by atoms with Gasteiger partial charge in [0, 0.05) is 57.5 Å².